The lowest BCUT2D eigenvalue weighted by Gasteiger charge is -2.09. The first kappa shape index (κ1) is 14.7. The molecule has 0 spiro atoms. The predicted molar refractivity (Wildman–Crippen MR) is 65.8 cm³/mol. The normalized spacial score (nSPS) is 12.1. The van der Waals surface area contributed by atoms with Gasteiger partial charge in [-0.15, -0.1) is 0 Å². The zero-order valence-corrected chi connectivity index (χ0v) is 10.6. The van der Waals surface area contributed by atoms with Gasteiger partial charge in [-0.25, -0.2) is 4.99 Å². The second-order valence-electron chi connectivity index (χ2n) is 3.02. The van der Waals surface area contributed by atoms with Crippen molar-refractivity contribution in [3.8, 4) is 6.19 Å². The molecule has 0 aromatic heterocycles. The molecule has 0 aliphatic carbocycles. The summed E-state index contributed by atoms with van der Waals surface area (Å²) in [6, 6.07) is 3.29. The van der Waals surface area contributed by atoms with Crippen molar-refractivity contribution in [1.29, 1.82) is 5.26 Å². The second-order valence-corrected chi connectivity index (χ2v) is 4.22. The first-order valence-electron chi connectivity index (χ1n) is 4.53. The van der Waals surface area contributed by atoms with Crippen LogP contribution in [-0.4, -0.2) is 11.4 Å². The van der Waals surface area contributed by atoms with Crippen LogP contribution in [0.5, 0.6) is 0 Å². The molecule has 1 rings (SSSR count). The maximum absolute atomic E-state index is 12.6. The van der Waals surface area contributed by atoms with Gasteiger partial charge < -0.3 is 0 Å². The van der Waals surface area contributed by atoms with Crippen molar-refractivity contribution < 1.29 is 13.2 Å². The number of aliphatic imine (C=N–C) groups is 1. The Morgan fingerprint density at radius 3 is 2.67 bits per heavy atom. The topological polar surface area (TPSA) is 48.2 Å². The highest BCUT2D eigenvalue weighted by atomic mass is 35.5. The molecule has 0 bridgehead atoms. The quantitative estimate of drug-likeness (QED) is 0.371. The van der Waals surface area contributed by atoms with Crippen LogP contribution in [-0.2, 0) is 6.18 Å². The number of hydrogen-bond donors (Lipinski definition) is 1. The number of rotatable bonds is 1. The lowest BCUT2D eigenvalue weighted by atomic mass is 10.2. The summed E-state index contributed by atoms with van der Waals surface area (Å²) in [5.41, 5.74) is -0.887. The molecule has 0 aliphatic heterocycles. The third kappa shape index (κ3) is 3.82. The number of alkyl halides is 3. The van der Waals surface area contributed by atoms with Crippen molar-refractivity contribution in [2.24, 2.45) is 4.99 Å². The molecule has 1 aromatic rings. The third-order valence-electron chi connectivity index (χ3n) is 1.84. The van der Waals surface area contributed by atoms with Gasteiger partial charge in [0.15, 0.2) is 11.4 Å². The van der Waals surface area contributed by atoms with Crippen molar-refractivity contribution in [2.45, 2.75) is 6.18 Å². The summed E-state index contributed by atoms with van der Waals surface area (Å²) in [7, 11) is 0. The fraction of sp³-hybridized carbons (Fsp3) is 0.200. The standard InChI is InChI=1S/C10H7ClF3N3S/c1-18-9(16-5-15)17-6-2-3-8(11)7(4-6)10(12,13)14/h2-4H,1H3,(H,16,17). The number of hydrogen-bond acceptors (Lipinski definition) is 3. The van der Waals surface area contributed by atoms with Gasteiger partial charge in [0, 0.05) is 0 Å². The summed E-state index contributed by atoms with van der Waals surface area (Å²) in [6.45, 7) is 0. The maximum Gasteiger partial charge on any atom is 0.417 e. The van der Waals surface area contributed by atoms with Crippen LogP contribution in [0.2, 0.25) is 5.02 Å². The molecule has 0 saturated carbocycles. The highest BCUT2D eigenvalue weighted by molar-refractivity contribution is 8.13. The highest BCUT2D eigenvalue weighted by Crippen LogP contribution is 2.36. The number of nitriles is 1. The molecule has 8 heteroatoms. The van der Waals surface area contributed by atoms with Gasteiger partial charge in [-0.1, -0.05) is 23.4 Å². The first-order valence-corrected chi connectivity index (χ1v) is 6.13. The molecule has 0 fully saturated rings. The Hall–Kier alpha value is -1.39. The molecule has 18 heavy (non-hydrogen) atoms. The zero-order valence-electron chi connectivity index (χ0n) is 9.05. The Kier molecular flexibility index (Phi) is 4.87. The van der Waals surface area contributed by atoms with Gasteiger partial charge in [-0.05, 0) is 24.5 Å². The Morgan fingerprint density at radius 2 is 2.17 bits per heavy atom. The molecule has 1 N–H and O–H groups in total. The first-order chi connectivity index (χ1) is 8.38. The van der Waals surface area contributed by atoms with Crippen molar-refractivity contribution in [1.82, 2.24) is 5.32 Å². The number of halogens is 4. The van der Waals surface area contributed by atoms with E-state index in [1.807, 2.05) is 0 Å². The molecule has 96 valence electrons. The molecule has 0 heterocycles. The van der Waals surface area contributed by atoms with Crippen LogP contribution in [0.15, 0.2) is 23.2 Å². The smallest absolute Gasteiger partial charge is 0.271 e. The minimum atomic E-state index is -4.54. The molecule has 0 radical (unpaired) electrons. The van der Waals surface area contributed by atoms with Gasteiger partial charge in [0.25, 0.3) is 0 Å². The van der Waals surface area contributed by atoms with Crippen molar-refractivity contribution in [3.05, 3.63) is 28.8 Å². The van der Waals surface area contributed by atoms with Gasteiger partial charge in [-0.2, -0.15) is 18.4 Å². The Balaban J connectivity index is 3.17. The summed E-state index contributed by atoms with van der Waals surface area (Å²) in [4.78, 5) is 3.87. The predicted octanol–water partition coefficient (Wildman–Crippen LogP) is 3.78. The molecule has 0 saturated heterocycles. The van der Waals surface area contributed by atoms with Crippen LogP contribution in [0.3, 0.4) is 0 Å². The van der Waals surface area contributed by atoms with Crippen LogP contribution in [0, 0.1) is 11.5 Å². The summed E-state index contributed by atoms with van der Waals surface area (Å²) in [6.07, 6.45) is -1.25. The van der Waals surface area contributed by atoms with Crippen LogP contribution in [0.1, 0.15) is 5.56 Å². The van der Waals surface area contributed by atoms with Crippen LogP contribution >= 0.6 is 23.4 Å². The van der Waals surface area contributed by atoms with E-state index in [4.69, 9.17) is 16.9 Å². The highest BCUT2D eigenvalue weighted by Gasteiger charge is 2.33. The van der Waals surface area contributed by atoms with Crippen LogP contribution in [0.4, 0.5) is 18.9 Å². The third-order valence-corrected chi connectivity index (χ3v) is 2.75. The van der Waals surface area contributed by atoms with Gasteiger partial charge in [-0.3, -0.25) is 5.32 Å². The number of nitrogens with zero attached hydrogens (tertiary/aromatic N) is 2. The molecular formula is C10H7ClF3N3S. The maximum atomic E-state index is 12.6. The number of nitrogens with one attached hydrogen (secondary N) is 1. The lowest BCUT2D eigenvalue weighted by molar-refractivity contribution is -0.137. The van der Waals surface area contributed by atoms with Crippen molar-refractivity contribution >= 4 is 34.2 Å². The van der Waals surface area contributed by atoms with Gasteiger partial charge in [0.1, 0.15) is 0 Å². The molecule has 1 aromatic carbocycles. The minimum absolute atomic E-state index is 0.0684. The van der Waals surface area contributed by atoms with E-state index in [1.165, 1.54) is 6.07 Å². The fourth-order valence-corrected chi connectivity index (χ4v) is 1.66. The zero-order chi connectivity index (χ0) is 13.8. The minimum Gasteiger partial charge on any atom is -0.271 e. The van der Waals surface area contributed by atoms with Gasteiger partial charge in [0.2, 0.25) is 0 Å². The van der Waals surface area contributed by atoms with Crippen LogP contribution in [0.25, 0.3) is 0 Å². The Labute approximate surface area is 111 Å². The monoisotopic (exact) mass is 293 g/mol. The van der Waals surface area contributed by atoms with E-state index in [2.05, 4.69) is 10.3 Å². The number of thioether (sulfide) groups is 1. The Bertz CT molecular complexity index is 508. The second kappa shape index (κ2) is 5.98. The molecular weight excluding hydrogens is 287 g/mol. The summed E-state index contributed by atoms with van der Waals surface area (Å²) in [5.74, 6) is 0. The number of amidine groups is 1. The molecule has 0 unspecified atom stereocenters. The van der Waals surface area contributed by atoms with E-state index in [9.17, 15) is 13.2 Å². The molecule has 0 atom stereocenters. The molecule has 0 aliphatic rings. The van der Waals surface area contributed by atoms with E-state index in [1.54, 1.807) is 12.4 Å². The van der Waals surface area contributed by atoms with Crippen molar-refractivity contribution in [2.75, 3.05) is 6.26 Å². The van der Waals surface area contributed by atoms with E-state index < -0.39 is 11.7 Å². The van der Waals surface area contributed by atoms with E-state index >= 15 is 0 Å². The van der Waals surface area contributed by atoms with Gasteiger partial charge in [0.05, 0.1) is 16.3 Å². The van der Waals surface area contributed by atoms with E-state index in [-0.39, 0.29) is 15.9 Å². The average Bonchev–Trinajstić information content (AvgIpc) is 2.29. The van der Waals surface area contributed by atoms with E-state index in [0.717, 1.165) is 23.9 Å². The summed E-state index contributed by atoms with van der Waals surface area (Å²) in [5, 5.41) is 10.5. The average molecular weight is 294 g/mol. The molecule has 3 nitrogen and oxygen atoms in total. The van der Waals surface area contributed by atoms with Crippen molar-refractivity contribution in [3.63, 3.8) is 0 Å². The number of benzene rings is 1. The Morgan fingerprint density at radius 1 is 1.50 bits per heavy atom. The lowest BCUT2D eigenvalue weighted by Crippen LogP contribution is -2.12. The molecule has 0 amide bonds. The van der Waals surface area contributed by atoms with Gasteiger partial charge >= 0.3 is 6.18 Å². The summed E-state index contributed by atoms with van der Waals surface area (Å²) >= 11 is 6.58. The SMILES string of the molecule is CSC(=Nc1ccc(Cl)c(C(F)(F)F)c1)NC#N. The largest absolute Gasteiger partial charge is 0.417 e. The van der Waals surface area contributed by atoms with E-state index in [0.29, 0.717) is 0 Å². The van der Waals surface area contributed by atoms with Crippen LogP contribution < -0.4 is 5.32 Å². The fourth-order valence-electron chi connectivity index (χ4n) is 1.09. The summed E-state index contributed by atoms with van der Waals surface area (Å²) < 4.78 is 37.8.